The van der Waals surface area contributed by atoms with Crippen LogP contribution in [-0.2, 0) is 0 Å². The second kappa shape index (κ2) is 6.76. The van der Waals surface area contributed by atoms with Crippen molar-refractivity contribution in [3.05, 3.63) is 29.8 Å². The highest BCUT2D eigenvalue weighted by molar-refractivity contribution is 5.46. The Kier molecular flexibility index (Phi) is 5.63. The summed E-state index contributed by atoms with van der Waals surface area (Å²) in [6.45, 7) is 5.15. The number of aliphatic hydroxyl groups is 1. The fraction of sp³-hybridized carbons (Fsp3) is 0.600. The van der Waals surface area contributed by atoms with Crippen molar-refractivity contribution in [2.24, 2.45) is 5.73 Å². The Hall–Kier alpha value is -1.06. The Labute approximate surface area is 111 Å². The Balaban J connectivity index is 2.42. The molecule has 18 heavy (non-hydrogen) atoms. The van der Waals surface area contributed by atoms with E-state index in [1.54, 1.807) is 0 Å². The van der Waals surface area contributed by atoms with E-state index < -0.39 is 5.54 Å². The molecule has 3 heteroatoms. The molecule has 1 aromatic carbocycles. The molecule has 0 aromatic heterocycles. The molecule has 1 unspecified atom stereocenters. The fourth-order valence-corrected chi connectivity index (χ4v) is 1.96. The van der Waals surface area contributed by atoms with E-state index in [0.717, 1.165) is 25.8 Å². The standard InChI is InChI=1S/C15H26N2O/c1-4-15(16,12-18)10-5-11-17(3)14-8-6-13(2)7-9-14/h6-9,18H,4-5,10-12,16H2,1-3H3. The van der Waals surface area contributed by atoms with E-state index in [4.69, 9.17) is 5.73 Å². The third-order valence-corrected chi connectivity index (χ3v) is 3.66. The van der Waals surface area contributed by atoms with Gasteiger partial charge >= 0.3 is 0 Å². The zero-order chi connectivity index (χ0) is 13.6. The topological polar surface area (TPSA) is 49.5 Å². The first-order chi connectivity index (χ1) is 8.50. The summed E-state index contributed by atoms with van der Waals surface area (Å²) in [5, 5.41) is 9.26. The number of rotatable bonds is 7. The van der Waals surface area contributed by atoms with E-state index in [0.29, 0.717) is 0 Å². The zero-order valence-corrected chi connectivity index (χ0v) is 11.8. The Morgan fingerprint density at radius 2 is 1.89 bits per heavy atom. The van der Waals surface area contributed by atoms with Gasteiger partial charge in [-0.25, -0.2) is 0 Å². The average Bonchev–Trinajstić information content (AvgIpc) is 2.39. The predicted octanol–water partition coefficient (Wildman–Crippen LogP) is 2.31. The van der Waals surface area contributed by atoms with Crippen molar-refractivity contribution in [1.82, 2.24) is 0 Å². The van der Waals surface area contributed by atoms with E-state index >= 15 is 0 Å². The molecule has 0 spiro atoms. The van der Waals surface area contributed by atoms with Crippen LogP contribution in [0.2, 0.25) is 0 Å². The molecule has 1 aromatic rings. The lowest BCUT2D eigenvalue weighted by Crippen LogP contribution is -2.43. The maximum atomic E-state index is 9.26. The lowest BCUT2D eigenvalue weighted by molar-refractivity contribution is 0.181. The van der Waals surface area contributed by atoms with Gasteiger partial charge in [0.2, 0.25) is 0 Å². The summed E-state index contributed by atoms with van der Waals surface area (Å²) in [4.78, 5) is 2.23. The summed E-state index contributed by atoms with van der Waals surface area (Å²) in [5.74, 6) is 0. The molecule has 102 valence electrons. The van der Waals surface area contributed by atoms with E-state index in [9.17, 15) is 5.11 Å². The average molecular weight is 250 g/mol. The quantitative estimate of drug-likeness (QED) is 0.781. The van der Waals surface area contributed by atoms with Gasteiger partial charge < -0.3 is 15.7 Å². The molecule has 0 radical (unpaired) electrons. The van der Waals surface area contributed by atoms with Crippen molar-refractivity contribution < 1.29 is 5.11 Å². The highest BCUT2D eigenvalue weighted by atomic mass is 16.3. The van der Waals surface area contributed by atoms with Gasteiger partial charge in [0.05, 0.1) is 6.61 Å². The molecule has 0 heterocycles. The molecule has 1 rings (SSSR count). The molecule has 0 saturated carbocycles. The fourth-order valence-electron chi connectivity index (χ4n) is 1.96. The number of nitrogens with zero attached hydrogens (tertiary/aromatic N) is 1. The lowest BCUT2D eigenvalue weighted by Gasteiger charge is -2.27. The van der Waals surface area contributed by atoms with Gasteiger partial charge in [-0.3, -0.25) is 0 Å². The van der Waals surface area contributed by atoms with Crippen molar-refractivity contribution in [1.29, 1.82) is 0 Å². The lowest BCUT2D eigenvalue weighted by atomic mass is 9.92. The molecular formula is C15H26N2O. The minimum Gasteiger partial charge on any atom is -0.394 e. The van der Waals surface area contributed by atoms with Crippen LogP contribution in [0.25, 0.3) is 0 Å². The van der Waals surface area contributed by atoms with Gasteiger partial charge in [-0.05, 0) is 38.3 Å². The molecular weight excluding hydrogens is 224 g/mol. The van der Waals surface area contributed by atoms with Crippen LogP contribution in [-0.4, -0.2) is 30.8 Å². The molecule has 0 fully saturated rings. The number of benzene rings is 1. The maximum absolute atomic E-state index is 9.26. The van der Waals surface area contributed by atoms with Gasteiger partial charge in [-0.15, -0.1) is 0 Å². The van der Waals surface area contributed by atoms with E-state index in [-0.39, 0.29) is 6.61 Å². The summed E-state index contributed by atoms with van der Waals surface area (Å²) < 4.78 is 0. The first kappa shape index (κ1) is 15.0. The molecule has 0 amide bonds. The Morgan fingerprint density at radius 3 is 2.39 bits per heavy atom. The predicted molar refractivity (Wildman–Crippen MR) is 78.0 cm³/mol. The van der Waals surface area contributed by atoms with Gasteiger partial charge in [0.25, 0.3) is 0 Å². The summed E-state index contributed by atoms with van der Waals surface area (Å²) in [6.07, 6.45) is 2.67. The van der Waals surface area contributed by atoms with Crippen molar-refractivity contribution in [2.45, 2.75) is 38.6 Å². The third kappa shape index (κ3) is 4.31. The van der Waals surface area contributed by atoms with Gasteiger partial charge in [-0.2, -0.15) is 0 Å². The van der Waals surface area contributed by atoms with Crippen LogP contribution in [0.1, 0.15) is 31.7 Å². The Morgan fingerprint density at radius 1 is 1.28 bits per heavy atom. The van der Waals surface area contributed by atoms with Gasteiger partial charge in [0.15, 0.2) is 0 Å². The van der Waals surface area contributed by atoms with Crippen LogP contribution >= 0.6 is 0 Å². The minimum absolute atomic E-state index is 0.0672. The number of aryl methyl sites for hydroxylation is 1. The normalized spacial score (nSPS) is 14.3. The monoisotopic (exact) mass is 250 g/mol. The van der Waals surface area contributed by atoms with Gasteiger partial charge in [0.1, 0.15) is 0 Å². The molecule has 3 N–H and O–H groups in total. The number of hydrogen-bond acceptors (Lipinski definition) is 3. The summed E-state index contributed by atoms with van der Waals surface area (Å²) in [7, 11) is 2.09. The zero-order valence-electron chi connectivity index (χ0n) is 11.8. The first-order valence-electron chi connectivity index (χ1n) is 6.68. The minimum atomic E-state index is -0.409. The first-order valence-corrected chi connectivity index (χ1v) is 6.68. The van der Waals surface area contributed by atoms with Crippen molar-refractivity contribution >= 4 is 5.69 Å². The van der Waals surface area contributed by atoms with Crippen molar-refractivity contribution in [3.63, 3.8) is 0 Å². The largest absolute Gasteiger partial charge is 0.394 e. The van der Waals surface area contributed by atoms with E-state index in [2.05, 4.69) is 43.1 Å². The van der Waals surface area contributed by atoms with E-state index in [1.165, 1.54) is 11.3 Å². The van der Waals surface area contributed by atoms with Crippen molar-refractivity contribution in [3.8, 4) is 0 Å². The molecule has 0 aliphatic rings. The van der Waals surface area contributed by atoms with Gasteiger partial charge in [0, 0.05) is 24.8 Å². The SMILES string of the molecule is CCC(N)(CO)CCCN(C)c1ccc(C)cc1. The van der Waals surface area contributed by atoms with Crippen LogP contribution in [0.3, 0.4) is 0 Å². The summed E-state index contributed by atoms with van der Waals surface area (Å²) in [6, 6.07) is 8.52. The number of nitrogens with two attached hydrogens (primary N) is 1. The highest BCUT2D eigenvalue weighted by Gasteiger charge is 2.20. The molecule has 0 aliphatic carbocycles. The molecule has 0 bridgehead atoms. The van der Waals surface area contributed by atoms with Crippen LogP contribution < -0.4 is 10.6 Å². The number of anilines is 1. The highest BCUT2D eigenvalue weighted by Crippen LogP contribution is 2.17. The summed E-state index contributed by atoms with van der Waals surface area (Å²) >= 11 is 0. The van der Waals surface area contributed by atoms with Gasteiger partial charge in [-0.1, -0.05) is 24.6 Å². The second-order valence-corrected chi connectivity index (χ2v) is 5.23. The molecule has 1 atom stereocenters. The molecule has 0 saturated heterocycles. The second-order valence-electron chi connectivity index (χ2n) is 5.23. The van der Waals surface area contributed by atoms with E-state index in [1.807, 2.05) is 6.92 Å². The van der Waals surface area contributed by atoms with Crippen LogP contribution in [0.4, 0.5) is 5.69 Å². The van der Waals surface area contributed by atoms with Crippen molar-refractivity contribution in [2.75, 3.05) is 25.1 Å². The number of aliphatic hydroxyl groups excluding tert-OH is 1. The van der Waals surface area contributed by atoms with Crippen LogP contribution in [0.5, 0.6) is 0 Å². The molecule has 3 nitrogen and oxygen atoms in total. The molecule has 0 aliphatic heterocycles. The van der Waals surface area contributed by atoms with Crippen LogP contribution in [0, 0.1) is 6.92 Å². The smallest absolute Gasteiger partial charge is 0.0611 e. The third-order valence-electron chi connectivity index (χ3n) is 3.66. The maximum Gasteiger partial charge on any atom is 0.0611 e. The van der Waals surface area contributed by atoms with Crippen LogP contribution in [0.15, 0.2) is 24.3 Å². The number of hydrogen-bond donors (Lipinski definition) is 2. The summed E-state index contributed by atoms with van der Waals surface area (Å²) in [5.41, 5.74) is 8.17. The Bertz CT molecular complexity index is 344.